The molecule has 1 N–H and O–H groups in total. The number of halogens is 4. The molecule has 3 aromatic rings. The van der Waals surface area contributed by atoms with E-state index in [1.807, 2.05) is 48.5 Å². The van der Waals surface area contributed by atoms with Gasteiger partial charge in [0.05, 0.1) is 6.54 Å². The van der Waals surface area contributed by atoms with Gasteiger partial charge in [0.1, 0.15) is 11.5 Å². The molecule has 0 radical (unpaired) electrons. The highest BCUT2D eigenvalue weighted by Crippen LogP contribution is 2.24. The molecule has 1 heterocycles. The van der Waals surface area contributed by atoms with Crippen LogP contribution in [0.2, 0.25) is 10.0 Å². The largest absolute Gasteiger partial charge is 0.460 e. The van der Waals surface area contributed by atoms with Crippen LogP contribution in [0.25, 0.3) is 11.3 Å². The van der Waals surface area contributed by atoms with E-state index in [1.165, 1.54) is 0 Å². The SMILES string of the molecule is Cl.Clc1ccc(CCNCc2ccc(-c3ccc(Br)cc3)o2)c(Cl)c1. The Morgan fingerprint density at radius 2 is 1.72 bits per heavy atom. The lowest BCUT2D eigenvalue weighted by molar-refractivity contribution is 0.495. The third kappa shape index (κ3) is 5.77. The highest BCUT2D eigenvalue weighted by molar-refractivity contribution is 9.10. The minimum Gasteiger partial charge on any atom is -0.460 e. The van der Waals surface area contributed by atoms with Crippen molar-refractivity contribution in [3.8, 4) is 11.3 Å². The zero-order valence-electron chi connectivity index (χ0n) is 13.3. The minimum absolute atomic E-state index is 0. The average Bonchev–Trinajstić information content (AvgIpc) is 3.03. The summed E-state index contributed by atoms with van der Waals surface area (Å²) in [5.41, 5.74) is 2.15. The molecular weight excluding hydrogens is 444 g/mol. The average molecular weight is 462 g/mol. The lowest BCUT2D eigenvalue weighted by Gasteiger charge is -2.06. The van der Waals surface area contributed by atoms with Crippen molar-refractivity contribution in [2.45, 2.75) is 13.0 Å². The minimum atomic E-state index is 0. The van der Waals surface area contributed by atoms with E-state index in [9.17, 15) is 0 Å². The third-order valence-electron chi connectivity index (χ3n) is 3.68. The van der Waals surface area contributed by atoms with Crippen molar-refractivity contribution < 1.29 is 4.42 Å². The fourth-order valence-electron chi connectivity index (χ4n) is 2.40. The standard InChI is InChI=1S/C19H16BrCl2NO.ClH/c20-15-4-1-14(2-5-15)19-8-7-17(24-19)12-23-10-9-13-3-6-16(21)11-18(13)22;/h1-8,11,23H,9-10,12H2;1H. The maximum Gasteiger partial charge on any atom is 0.134 e. The summed E-state index contributed by atoms with van der Waals surface area (Å²) in [6.07, 6.45) is 0.844. The Morgan fingerprint density at radius 1 is 0.960 bits per heavy atom. The maximum absolute atomic E-state index is 6.17. The van der Waals surface area contributed by atoms with Crippen molar-refractivity contribution in [3.05, 3.63) is 80.4 Å². The smallest absolute Gasteiger partial charge is 0.134 e. The van der Waals surface area contributed by atoms with Crippen LogP contribution in [-0.4, -0.2) is 6.54 Å². The van der Waals surface area contributed by atoms with Crippen LogP contribution in [0.15, 0.2) is 63.5 Å². The number of benzene rings is 2. The van der Waals surface area contributed by atoms with Gasteiger partial charge in [0.15, 0.2) is 0 Å². The summed E-state index contributed by atoms with van der Waals surface area (Å²) >= 11 is 15.5. The molecule has 6 heteroatoms. The first-order valence-electron chi connectivity index (χ1n) is 7.61. The van der Waals surface area contributed by atoms with Crippen LogP contribution in [0, 0.1) is 0 Å². The van der Waals surface area contributed by atoms with Gasteiger partial charge in [-0.05, 0) is 54.9 Å². The van der Waals surface area contributed by atoms with Gasteiger partial charge < -0.3 is 9.73 Å². The van der Waals surface area contributed by atoms with Crippen LogP contribution in [0.5, 0.6) is 0 Å². The molecule has 2 aromatic carbocycles. The summed E-state index contributed by atoms with van der Waals surface area (Å²) in [4.78, 5) is 0. The Kier molecular flexibility index (Phi) is 7.85. The van der Waals surface area contributed by atoms with E-state index in [4.69, 9.17) is 27.6 Å². The normalized spacial score (nSPS) is 10.5. The van der Waals surface area contributed by atoms with Gasteiger partial charge in [-0.15, -0.1) is 12.4 Å². The van der Waals surface area contributed by atoms with E-state index in [2.05, 4.69) is 21.2 Å². The molecule has 0 aliphatic rings. The molecular formula is C19H17BrCl3NO. The lowest BCUT2D eigenvalue weighted by atomic mass is 10.1. The predicted octanol–water partition coefficient (Wildman–Crippen LogP) is 6.77. The second-order valence-corrected chi connectivity index (χ2v) is 7.19. The van der Waals surface area contributed by atoms with Crippen molar-refractivity contribution in [1.29, 1.82) is 0 Å². The van der Waals surface area contributed by atoms with Crippen LogP contribution in [0.4, 0.5) is 0 Å². The molecule has 1 aromatic heterocycles. The van der Waals surface area contributed by atoms with E-state index in [0.29, 0.717) is 16.6 Å². The van der Waals surface area contributed by atoms with Gasteiger partial charge in [0.2, 0.25) is 0 Å². The second kappa shape index (κ2) is 9.65. The van der Waals surface area contributed by atoms with Crippen molar-refractivity contribution in [2.24, 2.45) is 0 Å². The molecule has 0 fully saturated rings. The van der Waals surface area contributed by atoms with E-state index in [0.717, 1.165) is 40.1 Å². The fourth-order valence-corrected chi connectivity index (χ4v) is 3.17. The van der Waals surface area contributed by atoms with Gasteiger partial charge in [-0.25, -0.2) is 0 Å². The summed E-state index contributed by atoms with van der Waals surface area (Å²) in [5.74, 6) is 1.79. The lowest BCUT2D eigenvalue weighted by Crippen LogP contribution is -2.16. The topological polar surface area (TPSA) is 25.2 Å². The maximum atomic E-state index is 6.17. The molecule has 0 aliphatic carbocycles. The van der Waals surface area contributed by atoms with E-state index in [-0.39, 0.29) is 12.4 Å². The second-order valence-electron chi connectivity index (χ2n) is 5.44. The van der Waals surface area contributed by atoms with Crippen LogP contribution >= 0.6 is 51.5 Å². The van der Waals surface area contributed by atoms with Crippen molar-refractivity contribution in [3.63, 3.8) is 0 Å². The van der Waals surface area contributed by atoms with Gasteiger partial charge in [0, 0.05) is 20.1 Å². The molecule has 0 aliphatic heterocycles. The Bertz CT molecular complexity index is 818. The van der Waals surface area contributed by atoms with Crippen LogP contribution < -0.4 is 5.32 Å². The number of nitrogens with one attached hydrogen (secondary N) is 1. The van der Waals surface area contributed by atoms with E-state index < -0.39 is 0 Å². The Morgan fingerprint density at radius 3 is 2.44 bits per heavy atom. The summed E-state index contributed by atoms with van der Waals surface area (Å²) in [7, 11) is 0. The highest BCUT2D eigenvalue weighted by atomic mass is 79.9. The molecule has 3 rings (SSSR count). The van der Waals surface area contributed by atoms with Crippen LogP contribution in [0.3, 0.4) is 0 Å². The summed E-state index contributed by atoms with van der Waals surface area (Å²) in [6, 6.07) is 17.7. The summed E-state index contributed by atoms with van der Waals surface area (Å²) in [5, 5.41) is 4.74. The van der Waals surface area contributed by atoms with Gasteiger partial charge in [-0.3, -0.25) is 0 Å². The monoisotopic (exact) mass is 459 g/mol. The quantitative estimate of drug-likeness (QED) is 0.410. The number of furan rings is 1. The summed E-state index contributed by atoms with van der Waals surface area (Å²) in [6.45, 7) is 1.50. The van der Waals surface area contributed by atoms with Crippen molar-refractivity contribution in [2.75, 3.05) is 6.54 Å². The van der Waals surface area contributed by atoms with Gasteiger partial charge in [-0.1, -0.05) is 57.3 Å². The number of rotatable bonds is 6. The predicted molar refractivity (Wildman–Crippen MR) is 111 cm³/mol. The Labute approximate surface area is 172 Å². The molecule has 25 heavy (non-hydrogen) atoms. The van der Waals surface area contributed by atoms with Crippen molar-refractivity contribution >= 4 is 51.5 Å². The molecule has 0 atom stereocenters. The van der Waals surface area contributed by atoms with Crippen molar-refractivity contribution in [1.82, 2.24) is 5.32 Å². The first kappa shape index (κ1) is 20.3. The molecule has 0 amide bonds. The molecule has 2 nitrogen and oxygen atoms in total. The molecule has 0 bridgehead atoms. The van der Waals surface area contributed by atoms with Gasteiger partial charge in [-0.2, -0.15) is 0 Å². The Hall–Kier alpha value is -0.970. The fraction of sp³-hybridized carbons (Fsp3) is 0.158. The first-order chi connectivity index (χ1) is 11.6. The molecule has 0 spiro atoms. The number of hydrogen-bond acceptors (Lipinski definition) is 2. The third-order valence-corrected chi connectivity index (χ3v) is 4.79. The Balaban J connectivity index is 0.00000225. The van der Waals surface area contributed by atoms with Crippen LogP contribution in [-0.2, 0) is 13.0 Å². The first-order valence-corrected chi connectivity index (χ1v) is 9.16. The van der Waals surface area contributed by atoms with Crippen LogP contribution in [0.1, 0.15) is 11.3 Å². The van der Waals surface area contributed by atoms with E-state index >= 15 is 0 Å². The molecule has 0 saturated heterocycles. The van der Waals surface area contributed by atoms with E-state index in [1.54, 1.807) is 6.07 Å². The summed E-state index contributed by atoms with van der Waals surface area (Å²) < 4.78 is 6.94. The van der Waals surface area contributed by atoms with Gasteiger partial charge >= 0.3 is 0 Å². The van der Waals surface area contributed by atoms with Gasteiger partial charge in [0.25, 0.3) is 0 Å². The molecule has 0 saturated carbocycles. The molecule has 132 valence electrons. The highest BCUT2D eigenvalue weighted by Gasteiger charge is 2.05. The molecule has 0 unspecified atom stereocenters. The zero-order chi connectivity index (χ0) is 16.9. The zero-order valence-corrected chi connectivity index (χ0v) is 17.2. The number of hydrogen-bond donors (Lipinski definition) is 1.